The zero-order valence-electron chi connectivity index (χ0n) is 21.1. The molecule has 0 aromatic rings. The quantitative estimate of drug-likeness (QED) is 0.0472. The number of guanidine groups is 1. The van der Waals surface area contributed by atoms with Crippen molar-refractivity contribution in [3.63, 3.8) is 0 Å². The highest BCUT2D eigenvalue weighted by molar-refractivity contribution is 5.96. The van der Waals surface area contributed by atoms with E-state index in [0.29, 0.717) is 6.42 Å². The predicted octanol–water partition coefficient (Wildman–Crippen LogP) is -3.91. The molecule has 0 bridgehead atoms. The summed E-state index contributed by atoms with van der Waals surface area (Å²) >= 11 is 0. The summed E-state index contributed by atoms with van der Waals surface area (Å²) in [5, 5.41) is 16.4. The van der Waals surface area contributed by atoms with Gasteiger partial charge in [0.05, 0.1) is 12.5 Å². The van der Waals surface area contributed by atoms with Crippen LogP contribution in [0, 0.1) is 5.92 Å². The SMILES string of the molecule is CC(C)CC(N)C(=O)NC(CC(N)=O)C(=O)NC(CCCN=C(N)N)C(=O)NC(CCC(N)=O)C(=O)O. The van der Waals surface area contributed by atoms with Gasteiger partial charge in [0.25, 0.3) is 0 Å². The molecule has 0 aromatic heterocycles. The van der Waals surface area contributed by atoms with Gasteiger partial charge in [0.15, 0.2) is 5.96 Å². The number of nitrogens with zero attached hydrogens (tertiary/aromatic N) is 1. The number of primary amides is 2. The Kier molecular flexibility index (Phi) is 14.9. The standard InChI is InChI=1S/C21H39N9O7/c1-10(2)8-11(22)17(33)30-14(9-16(24)32)19(35)28-12(4-3-7-27-21(25)26)18(34)29-13(20(36)37)5-6-15(23)31/h10-14H,3-9,22H2,1-2H3,(H2,23,31)(H2,24,32)(H,28,35)(H,29,34)(H,30,33)(H,36,37)(H4,25,26,27). The molecule has 0 saturated carbocycles. The smallest absolute Gasteiger partial charge is 0.326 e. The second-order valence-corrected chi connectivity index (χ2v) is 8.88. The van der Waals surface area contributed by atoms with Crippen LogP contribution in [0.4, 0.5) is 0 Å². The van der Waals surface area contributed by atoms with Gasteiger partial charge in [0.2, 0.25) is 29.5 Å². The van der Waals surface area contributed by atoms with Crippen molar-refractivity contribution in [3.05, 3.63) is 0 Å². The fourth-order valence-corrected chi connectivity index (χ4v) is 3.17. The van der Waals surface area contributed by atoms with Crippen LogP contribution >= 0.6 is 0 Å². The maximum absolute atomic E-state index is 12.9. The molecule has 0 fully saturated rings. The molecule has 0 aliphatic carbocycles. The predicted molar refractivity (Wildman–Crippen MR) is 133 cm³/mol. The third-order valence-corrected chi connectivity index (χ3v) is 4.97. The van der Waals surface area contributed by atoms with Gasteiger partial charge in [-0.05, 0) is 31.6 Å². The van der Waals surface area contributed by atoms with Gasteiger partial charge in [-0.3, -0.25) is 29.0 Å². The van der Waals surface area contributed by atoms with Crippen molar-refractivity contribution in [2.45, 2.75) is 76.5 Å². The number of nitrogens with one attached hydrogen (secondary N) is 3. The van der Waals surface area contributed by atoms with Gasteiger partial charge in [0.1, 0.15) is 18.1 Å². The Balaban J connectivity index is 5.67. The number of carbonyl (C=O) groups excluding carboxylic acids is 5. The summed E-state index contributed by atoms with van der Waals surface area (Å²) in [5.41, 5.74) is 26.7. The number of nitrogens with two attached hydrogens (primary N) is 5. The summed E-state index contributed by atoms with van der Waals surface area (Å²) in [4.78, 5) is 76.1. The second kappa shape index (κ2) is 16.7. The first kappa shape index (κ1) is 33.0. The number of carbonyl (C=O) groups is 6. The first-order valence-electron chi connectivity index (χ1n) is 11.6. The van der Waals surface area contributed by atoms with Gasteiger partial charge >= 0.3 is 5.97 Å². The lowest BCUT2D eigenvalue weighted by molar-refractivity contribution is -0.142. The van der Waals surface area contributed by atoms with Crippen molar-refractivity contribution in [2.75, 3.05) is 6.54 Å². The third-order valence-electron chi connectivity index (χ3n) is 4.97. The van der Waals surface area contributed by atoms with E-state index in [1.165, 1.54) is 0 Å². The van der Waals surface area contributed by atoms with Crippen LogP contribution < -0.4 is 44.6 Å². The van der Waals surface area contributed by atoms with E-state index in [2.05, 4.69) is 20.9 Å². The number of rotatable bonds is 18. The molecule has 0 saturated heterocycles. The van der Waals surface area contributed by atoms with Crippen molar-refractivity contribution in [3.8, 4) is 0 Å². The van der Waals surface area contributed by atoms with Gasteiger partial charge in [-0.15, -0.1) is 0 Å². The number of hydrogen-bond acceptors (Lipinski definition) is 8. The van der Waals surface area contributed by atoms with Crippen molar-refractivity contribution >= 4 is 41.5 Å². The Labute approximate surface area is 214 Å². The highest BCUT2D eigenvalue weighted by Gasteiger charge is 2.31. The molecule has 0 heterocycles. The van der Waals surface area contributed by atoms with Gasteiger partial charge in [0, 0.05) is 13.0 Å². The number of aliphatic carboxylic acids is 1. The Morgan fingerprint density at radius 1 is 0.784 bits per heavy atom. The van der Waals surface area contributed by atoms with Crippen LogP contribution in [0.5, 0.6) is 0 Å². The monoisotopic (exact) mass is 529 g/mol. The highest BCUT2D eigenvalue weighted by Crippen LogP contribution is 2.06. The Morgan fingerprint density at radius 2 is 1.32 bits per heavy atom. The van der Waals surface area contributed by atoms with Gasteiger partial charge in [-0.25, -0.2) is 4.79 Å². The molecule has 0 aliphatic rings. The molecule has 5 amide bonds. The zero-order valence-corrected chi connectivity index (χ0v) is 21.1. The molecule has 0 spiro atoms. The second-order valence-electron chi connectivity index (χ2n) is 8.88. The number of hydrogen-bond donors (Lipinski definition) is 9. The van der Waals surface area contributed by atoms with Gasteiger partial charge in [-0.2, -0.15) is 0 Å². The molecule has 16 nitrogen and oxygen atoms in total. The first-order valence-corrected chi connectivity index (χ1v) is 11.6. The topological polar surface area (TPSA) is 301 Å². The minimum Gasteiger partial charge on any atom is -0.480 e. The summed E-state index contributed by atoms with van der Waals surface area (Å²) in [6.45, 7) is 3.79. The van der Waals surface area contributed by atoms with E-state index in [4.69, 9.17) is 28.7 Å². The van der Waals surface area contributed by atoms with Crippen LogP contribution in [-0.2, 0) is 28.8 Å². The molecule has 0 radical (unpaired) electrons. The number of carboxylic acids is 1. The van der Waals surface area contributed by atoms with Crippen LogP contribution in [0.2, 0.25) is 0 Å². The average Bonchev–Trinajstić information content (AvgIpc) is 2.76. The van der Waals surface area contributed by atoms with E-state index in [-0.39, 0.29) is 44.1 Å². The van der Waals surface area contributed by atoms with E-state index in [9.17, 15) is 33.9 Å². The van der Waals surface area contributed by atoms with Crippen molar-refractivity contribution in [1.82, 2.24) is 16.0 Å². The lowest BCUT2D eigenvalue weighted by Crippen LogP contribution is -2.57. The van der Waals surface area contributed by atoms with E-state index in [1.54, 1.807) is 0 Å². The van der Waals surface area contributed by atoms with E-state index in [1.807, 2.05) is 13.8 Å². The number of carboxylic acid groups (broad SMARTS) is 1. The van der Waals surface area contributed by atoms with Crippen molar-refractivity contribution in [2.24, 2.45) is 39.6 Å². The molecule has 4 atom stereocenters. The summed E-state index contributed by atoms with van der Waals surface area (Å²) in [6, 6.07) is -5.18. The van der Waals surface area contributed by atoms with Crippen molar-refractivity contribution in [1.29, 1.82) is 0 Å². The molecular weight excluding hydrogens is 490 g/mol. The average molecular weight is 530 g/mol. The van der Waals surface area contributed by atoms with Gasteiger partial charge < -0.3 is 49.7 Å². The Morgan fingerprint density at radius 3 is 1.81 bits per heavy atom. The number of aliphatic imine (C=N–C) groups is 1. The maximum atomic E-state index is 12.9. The zero-order chi connectivity index (χ0) is 28.7. The molecule has 4 unspecified atom stereocenters. The maximum Gasteiger partial charge on any atom is 0.326 e. The molecule has 16 heteroatoms. The van der Waals surface area contributed by atoms with Crippen LogP contribution in [0.15, 0.2) is 4.99 Å². The van der Waals surface area contributed by atoms with Crippen LogP contribution in [-0.4, -0.2) is 77.3 Å². The minimum atomic E-state index is -1.47. The van der Waals surface area contributed by atoms with Gasteiger partial charge in [-0.1, -0.05) is 13.8 Å². The fraction of sp³-hybridized carbons (Fsp3) is 0.667. The molecule has 0 rings (SSSR count). The fourth-order valence-electron chi connectivity index (χ4n) is 3.17. The summed E-state index contributed by atoms with van der Waals surface area (Å²) < 4.78 is 0. The summed E-state index contributed by atoms with van der Waals surface area (Å²) in [5.74, 6) is -5.69. The largest absolute Gasteiger partial charge is 0.480 e. The Hall–Kier alpha value is -3.95. The minimum absolute atomic E-state index is 0.0411. The molecule has 0 aliphatic heterocycles. The first-order chi connectivity index (χ1) is 17.1. The molecule has 37 heavy (non-hydrogen) atoms. The lowest BCUT2D eigenvalue weighted by Gasteiger charge is -2.25. The van der Waals surface area contributed by atoms with Crippen LogP contribution in [0.1, 0.15) is 52.4 Å². The number of amides is 5. The molecule has 210 valence electrons. The molecule has 14 N–H and O–H groups in total. The Bertz CT molecular complexity index is 859. The van der Waals surface area contributed by atoms with E-state index < -0.39 is 66.1 Å². The lowest BCUT2D eigenvalue weighted by atomic mass is 10.0. The van der Waals surface area contributed by atoms with Crippen LogP contribution in [0.3, 0.4) is 0 Å². The highest BCUT2D eigenvalue weighted by atomic mass is 16.4. The van der Waals surface area contributed by atoms with Crippen molar-refractivity contribution < 1.29 is 33.9 Å². The van der Waals surface area contributed by atoms with E-state index >= 15 is 0 Å². The molecular formula is C21H39N9O7. The van der Waals surface area contributed by atoms with E-state index in [0.717, 1.165) is 0 Å². The summed E-state index contributed by atoms with van der Waals surface area (Å²) in [7, 11) is 0. The molecule has 0 aromatic carbocycles. The van der Waals surface area contributed by atoms with Crippen LogP contribution in [0.25, 0.3) is 0 Å². The normalized spacial score (nSPS) is 13.9. The summed E-state index contributed by atoms with van der Waals surface area (Å²) in [6.07, 6.45) is -0.692. The third kappa shape index (κ3) is 14.9.